The van der Waals surface area contributed by atoms with E-state index in [0.29, 0.717) is 0 Å². The summed E-state index contributed by atoms with van der Waals surface area (Å²) in [5, 5.41) is 8.47. The van der Waals surface area contributed by atoms with Gasteiger partial charge < -0.3 is 8.83 Å². The third-order valence-corrected chi connectivity index (χ3v) is 13.0. The van der Waals surface area contributed by atoms with Crippen LogP contribution in [-0.4, -0.2) is 19.9 Å². The predicted octanol–water partition coefficient (Wildman–Crippen LogP) is 16.0. The van der Waals surface area contributed by atoms with Gasteiger partial charge in [-0.2, -0.15) is 0 Å². The van der Waals surface area contributed by atoms with Gasteiger partial charge in [-0.1, -0.05) is 127 Å². The SMILES string of the molecule is c1ccc(-c2cc(-c3ccc4oc5ccccc5c4c3)nc3c2ccc2ccc(-c4cccc(-c5ccc6ccc7ccc(-c8ccc9oc%10ccccc%10c9c8)nc7c6n5)c4)nc23)cc1. The topological polar surface area (TPSA) is 77.8 Å². The van der Waals surface area contributed by atoms with Crippen molar-refractivity contribution < 1.29 is 8.83 Å². The lowest BCUT2D eigenvalue weighted by molar-refractivity contribution is 0.668. The Bertz CT molecular complexity index is 4300. The fourth-order valence-electron chi connectivity index (χ4n) is 9.73. The van der Waals surface area contributed by atoms with Crippen LogP contribution in [0.1, 0.15) is 0 Å². The molecule has 6 nitrogen and oxygen atoms in total. The Morgan fingerprint density at radius 2 is 0.667 bits per heavy atom. The zero-order valence-corrected chi connectivity index (χ0v) is 35.2. The molecule has 14 rings (SSSR count). The maximum atomic E-state index is 6.19. The smallest absolute Gasteiger partial charge is 0.135 e. The van der Waals surface area contributed by atoms with Crippen LogP contribution < -0.4 is 0 Å². The normalized spacial score (nSPS) is 11.9. The maximum Gasteiger partial charge on any atom is 0.135 e. The summed E-state index contributed by atoms with van der Waals surface area (Å²) in [6, 6.07) is 71.5. The highest BCUT2D eigenvalue weighted by Crippen LogP contribution is 2.39. The van der Waals surface area contributed by atoms with E-state index in [-0.39, 0.29) is 0 Å². The highest BCUT2D eigenvalue weighted by Gasteiger charge is 2.17. The molecule has 6 heterocycles. The predicted molar refractivity (Wildman–Crippen MR) is 269 cm³/mol. The summed E-state index contributed by atoms with van der Waals surface area (Å²) in [4.78, 5) is 21.4. The summed E-state index contributed by atoms with van der Waals surface area (Å²) < 4.78 is 12.3. The van der Waals surface area contributed by atoms with Crippen molar-refractivity contribution in [3.8, 4) is 56.2 Å². The summed E-state index contributed by atoms with van der Waals surface area (Å²) in [5.74, 6) is 0. The molecule has 6 heteroatoms. The van der Waals surface area contributed by atoms with E-state index in [1.165, 1.54) is 0 Å². The molecule has 0 fully saturated rings. The van der Waals surface area contributed by atoms with Gasteiger partial charge in [0.05, 0.1) is 44.8 Å². The number of benzene rings is 8. The van der Waals surface area contributed by atoms with Crippen molar-refractivity contribution in [1.29, 1.82) is 0 Å². The molecule has 0 amide bonds. The van der Waals surface area contributed by atoms with E-state index < -0.39 is 0 Å². The van der Waals surface area contributed by atoms with E-state index in [0.717, 1.165) is 144 Å². The van der Waals surface area contributed by atoms with Gasteiger partial charge in [0.15, 0.2) is 0 Å². The van der Waals surface area contributed by atoms with Crippen molar-refractivity contribution in [2.75, 3.05) is 0 Å². The van der Waals surface area contributed by atoms with Crippen LogP contribution in [0.2, 0.25) is 0 Å². The highest BCUT2D eigenvalue weighted by atomic mass is 16.3. The summed E-state index contributed by atoms with van der Waals surface area (Å²) in [7, 11) is 0. The second-order valence-corrected chi connectivity index (χ2v) is 17.0. The van der Waals surface area contributed by atoms with Gasteiger partial charge in [0, 0.05) is 65.3 Å². The van der Waals surface area contributed by atoms with Gasteiger partial charge in [0.1, 0.15) is 22.3 Å². The Morgan fingerprint density at radius 3 is 1.24 bits per heavy atom. The molecule has 8 aromatic carbocycles. The van der Waals surface area contributed by atoms with Gasteiger partial charge in [0.2, 0.25) is 0 Å². The maximum absolute atomic E-state index is 6.19. The second kappa shape index (κ2) is 14.3. The minimum Gasteiger partial charge on any atom is -0.456 e. The average Bonchev–Trinajstić information content (AvgIpc) is 3.96. The van der Waals surface area contributed by atoms with E-state index in [4.69, 9.17) is 28.8 Å². The molecular formula is C60H34N4O2. The molecule has 0 saturated heterocycles. The summed E-state index contributed by atoms with van der Waals surface area (Å²) >= 11 is 0. The number of furan rings is 2. The first-order valence-electron chi connectivity index (χ1n) is 22.1. The standard InChI is InChI=1S/C60H34N4O2/c1-2-9-35(10-3-1)46-34-52(42-24-30-56-48(33-42)44-14-5-7-16-54(44)66-56)64-60-45(46)25-19-38-22-27-50(63-59(38)60)40-12-8-11-39(31-40)49-26-20-36-17-18-37-21-28-51(62-58(37)57(36)61-49)41-23-29-55-47(32-41)43-13-4-6-15-53(43)65-55/h1-34H. The van der Waals surface area contributed by atoms with Gasteiger partial charge in [0.25, 0.3) is 0 Å². The Morgan fingerprint density at radius 1 is 0.242 bits per heavy atom. The van der Waals surface area contributed by atoms with Crippen LogP contribution in [0.15, 0.2) is 215 Å². The van der Waals surface area contributed by atoms with Crippen molar-refractivity contribution >= 4 is 87.5 Å². The number of fused-ring (bicyclic) bond motifs is 12. The fourth-order valence-corrected chi connectivity index (χ4v) is 9.73. The van der Waals surface area contributed by atoms with Crippen molar-refractivity contribution in [3.63, 3.8) is 0 Å². The lowest BCUT2D eigenvalue weighted by atomic mass is 9.96. The Labute approximate surface area is 377 Å². The lowest BCUT2D eigenvalue weighted by Crippen LogP contribution is -1.94. The molecule has 0 bridgehead atoms. The number of pyridine rings is 4. The van der Waals surface area contributed by atoms with Crippen molar-refractivity contribution in [1.82, 2.24) is 19.9 Å². The van der Waals surface area contributed by atoms with Gasteiger partial charge in [-0.15, -0.1) is 0 Å². The Hall–Kier alpha value is -9.00. The minimum atomic E-state index is 0.849. The number of rotatable bonds is 5. The van der Waals surface area contributed by atoms with Crippen molar-refractivity contribution in [2.24, 2.45) is 0 Å². The number of para-hydroxylation sites is 2. The number of nitrogens with zero attached hydrogens (tertiary/aromatic N) is 4. The first-order chi connectivity index (χ1) is 32.6. The van der Waals surface area contributed by atoms with Crippen LogP contribution in [-0.2, 0) is 0 Å². The molecule has 0 aliphatic rings. The van der Waals surface area contributed by atoms with Crippen molar-refractivity contribution in [3.05, 3.63) is 206 Å². The van der Waals surface area contributed by atoms with Crippen molar-refractivity contribution in [2.45, 2.75) is 0 Å². The van der Waals surface area contributed by atoms with Gasteiger partial charge >= 0.3 is 0 Å². The number of hydrogen-bond acceptors (Lipinski definition) is 6. The third kappa shape index (κ3) is 5.82. The van der Waals surface area contributed by atoms with Gasteiger partial charge in [-0.3, -0.25) is 0 Å². The van der Waals surface area contributed by atoms with Crippen LogP contribution in [0, 0.1) is 0 Å². The quantitative estimate of drug-likeness (QED) is 0.161. The van der Waals surface area contributed by atoms with Crippen LogP contribution in [0.5, 0.6) is 0 Å². The summed E-state index contributed by atoms with van der Waals surface area (Å²) in [6.07, 6.45) is 0. The van der Waals surface area contributed by atoms with E-state index in [1.807, 2.05) is 36.4 Å². The van der Waals surface area contributed by atoms with Gasteiger partial charge in [-0.25, -0.2) is 19.9 Å². The molecule has 0 saturated carbocycles. The number of hydrogen-bond donors (Lipinski definition) is 0. The van der Waals surface area contributed by atoms with Crippen LogP contribution in [0.3, 0.4) is 0 Å². The van der Waals surface area contributed by atoms with Gasteiger partial charge in [-0.05, 0) is 90.0 Å². The van der Waals surface area contributed by atoms with Crippen LogP contribution in [0.4, 0.5) is 0 Å². The van der Waals surface area contributed by atoms with Crippen LogP contribution >= 0.6 is 0 Å². The molecule has 0 unspecified atom stereocenters. The first-order valence-corrected chi connectivity index (χ1v) is 22.1. The molecule has 0 radical (unpaired) electrons. The minimum absolute atomic E-state index is 0.849. The molecule has 306 valence electrons. The number of aromatic nitrogens is 4. The zero-order valence-electron chi connectivity index (χ0n) is 35.2. The third-order valence-electron chi connectivity index (χ3n) is 13.0. The fraction of sp³-hybridized carbons (Fsp3) is 0. The molecule has 6 aromatic heterocycles. The highest BCUT2D eigenvalue weighted by molar-refractivity contribution is 6.11. The average molecular weight is 843 g/mol. The van der Waals surface area contributed by atoms with E-state index in [9.17, 15) is 0 Å². The summed E-state index contributed by atoms with van der Waals surface area (Å²) in [5.41, 5.74) is 16.6. The second-order valence-electron chi connectivity index (χ2n) is 17.0. The molecule has 66 heavy (non-hydrogen) atoms. The molecule has 0 N–H and O–H groups in total. The largest absolute Gasteiger partial charge is 0.456 e. The van der Waals surface area contributed by atoms with E-state index in [1.54, 1.807) is 0 Å². The zero-order chi connectivity index (χ0) is 43.3. The molecule has 0 atom stereocenters. The monoisotopic (exact) mass is 842 g/mol. The Balaban J connectivity index is 0.881. The Kier molecular flexibility index (Phi) is 7.88. The lowest BCUT2D eigenvalue weighted by Gasteiger charge is -2.13. The van der Waals surface area contributed by atoms with E-state index in [2.05, 4.69) is 170 Å². The van der Waals surface area contributed by atoms with E-state index >= 15 is 0 Å². The first kappa shape index (κ1) is 36.5. The van der Waals surface area contributed by atoms with Crippen LogP contribution in [0.25, 0.3) is 144 Å². The summed E-state index contributed by atoms with van der Waals surface area (Å²) in [6.45, 7) is 0. The molecule has 0 aliphatic heterocycles. The molecule has 0 aliphatic carbocycles. The molecular weight excluding hydrogens is 809 g/mol. The molecule has 14 aromatic rings. The molecule has 0 spiro atoms.